The van der Waals surface area contributed by atoms with E-state index in [-0.39, 0.29) is 22.7 Å². The Morgan fingerprint density at radius 2 is 1.78 bits per heavy atom. The van der Waals surface area contributed by atoms with Gasteiger partial charge in [-0.1, -0.05) is 42.4 Å². The summed E-state index contributed by atoms with van der Waals surface area (Å²) in [6.45, 7) is 3.69. The van der Waals surface area contributed by atoms with Gasteiger partial charge in [-0.2, -0.15) is 0 Å². The Morgan fingerprint density at radius 1 is 1.22 bits per heavy atom. The zero-order valence-corrected chi connectivity index (χ0v) is 12.7. The number of carbonyl (C=O) groups is 1. The fourth-order valence-electron chi connectivity index (χ4n) is 1.57. The van der Waals surface area contributed by atoms with Crippen LogP contribution in [0.3, 0.4) is 0 Å². The van der Waals surface area contributed by atoms with E-state index >= 15 is 0 Å². The number of rotatable bonds is 6. The van der Waals surface area contributed by atoms with Gasteiger partial charge in [0.2, 0.25) is 0 Å². The lowest BCUT2D eigenvalue weighted by Gasteiger charge is -2.08. The number of aliphatic hydroxyl groups excluding tert-OH is 2. The summed E-state index contributed by atoms with van der Waals surface area (Å²) < 4.78 is 0. The van der Waals surface area contributed by atoms with Crippen LogP contribution in [0.25, 0.3) is 0 Å². The molecule has 102 valence electrons. The quantitative estimate of drug-likeness (QED) is 0.744. The van der Waals surface area contributed by atoms with Gasteiger partial charge in [-0.3, -0.25) is 0 Å². The molecule has 1 atom stereocenters. The van der Waals surface area contributed by atoms with Crippen LogP contribution in [0.15, 0.2) is 30.3 Å². The summed E-state index contributed by atoms with van der Waals surface area (Å²) in [5, 5.41) is 16.8. The Bertz CT molecular complexity index is 312. The van der Waals surface area contributed by atoms with Crippen LogP contribution in [-0.4, -0.2) is 38.7 Å². The Hall–Kier alpha value is -0.973. The van der Waals surface area contributed by atoms with Crippen LogP contribution in [0.2, 0.25) is 5.54 Å². The van der Waals surface area contributed by atoms with Crippen LogP contribution in [0.5, 0.6) is 0 Å². The van der Waals surface area contributed by atoms with Gasteiger partial charge in [0.15, 0.2) is 0 Å². The highest BCUT2D eigenvalue weighted by molar-refractivity contribution is 6.54. The van der Waals surface area contributed by atoms with Gasteiger partial charge in [0.1, 0.15) is 5.78 Å². The molecule has 18 heavy (non-hydrogen) atoms. The molecule has 0 heterocycles. The number of carbonyl (C=O) groups excluding carboxylic acids is 1. The van der Waals surface area contributed by atoms with Crippen molar-refractivity contribution in [2.75, 3.05) is 13.2 Å². The number of Topliss-reactive ketones (excluding diaryl/α,β-unsaturated/α-hetero) is 1. The van der Waals surface area contributed by atoms with E-state index in [1.165, 1.54) is 5.19 Å². The number of ketones is 1. The van der Waals surface area contributed by atoms with Crippen molar-refractivity contribution >= 4 is 20.5 Å². The van der Waals surface area contributed by atoms with Crippen LogP contribution >= 0.6 is 0 Å². The van der Waals surface area contributed by atoms with Crippen molar-refractivity contribution in [1.82, 2.24) is 0 Å². The third kappa shape index (κ3) is 10.2. The predicted octanol–water partition coefficient (Wildman–Crippen LogP) is 0.629. The van der Waals surface area contributed by atoms with Crippen LogP contribution in [0, 0.1) is 0 Å². The van der Waals surface area contributed by atoms with E-state index < -0.39 is 0 Å². The van der Waals surface area contributed by atoms with Crippen molar-refractivity contribution in [3.63, 3.8) is 0 Å². The van der Waals surface area contributed by atoms with Gasteiger partial charge in [-0.15, -0.1) is 0 Å². The van der Waals surface area contributed by atoms with Gasteiger partial charge in [0, 0.05) is 6.42 Å². The molecule has 0 saturated heterocycles. The number of benzene rings is 1. The first-order valence-electron chi connectivity index (χ1n) is 6.35. The highest BCUT2D eigenvalue weighted by Crippen LogP contribution is 2.10. The van der Waals surface area contributed by atoms with E-state index in [1.54, 1.807) is 6.92 Å². The molecule has 0 aliphatic carbocycles. The zero-order valence-electron chi connectivity index (χ0n) is 11.3. The molecule has 0 bridgehead atoms. The number of hydrogen-bond acceptors (Lipinski definition) is 3. The standard InChI is InChI=1S/C12H18OSi.C2H6O2/c1-10(13)8-9-11(2)14-12-6-4-3-5-7-12;3-1-2-4/h3-7,11H,8-9,14H2,1-2H3;3-4H,1-2H2. The third-order valence-electron chi connectivity index (χ3n) is 2.52. The molecule has 0 amide bonds. The summed E-state index contributed by atoms with van der Waals surface area (Å²) in [4.78, 5) is 10.8. The molecule has 0 saturated carbocycles. The second kappa shape index (κ2) is 11.1. The molecule has 4 heteroatoms. The second-order valence-electron chi connectivity index (χ2n) is 4.48. The van der Waals surface area contributed by atoms with Gasteiger partial charge in [-0.25, -0.2) is 0 Å². The Labute approximate surface area is 112 Å². The van der Waals surface area contributed by atoms with Crippen molar-refractivity contribution in [2.45, 2.75) is 32.2 Å². The highest BCUT2D eigenvalue weighted by Gasteiger charge is 2.05. The van der Waals surface area contributed by atoms with Crippen molar-refractivity contribution in [3.8, 4) is 0 Å². The SMILES string of the molecule is CC(=O)CCC(C)[SiH2]c1ccccc1.OCCO. The zero-order chi connectivity index (χ0) is 13.8. The Balaban J connectivity index is 0.000000631. The molecule has 2 N–H and O–H groups in total. The van der Waals surface area contributed by atoms with Crippen LogP contribution < -0.4 is 5.19 Å². The molecule has 1 rings (SSSR count). The van der Waals surface area contributed by atoms with Gasteiger partial charge in [-0.05, 0) is 18.9 Å². The molecule has 0 radical (unpaired) electrons. The Kier molecular flexibility index (Phi) is 10.5. The minimum absolute atomic E-state index is 0.125. The molecular weight excluding hydrogens is 244 g/mol. The molecule has 0 spiro atoms. The monoisotopic (exact) mass is 268 g/mol. The van der Waals surface area contributed by atoms with Gasteiger partial charge < -0.3 is 15.0 Å². The third-order valence-corrected chi connectivity index (χ3v) is 4.56. The maximum atomic E-state index is 10.8. The minimum Gasteiger partial charge on any atom is -0.394 e. The fraction of sp³-hybridized carbons (Fsp3) is 0.500. The van der Waals surface area contributed by atoms with Crippen molar-refractivity contribution in [1.29, 1.82) is 0 Å². The first-order valence-corrected chi connectivity index (χ1v) is 7.87. The average Bonchev–Trinajstić information content (AvgIpc) is 2.38. The predicted molar refractivity (Wildman–Crippen MR) is 78.1 cm³/mol. The maximum Gasteiger partial charge on any atom is 0.129 e. The average molecular weight is 268 g/mol. The molecule has 0 fully saturated rings. The molecule has 1 aromatic rings. The van der Waals surface area contributed by atoms with Gasteiger partial charge in [0.05, 0.1) is 22.7 Å². The summed E-state index contributed by atoms with van der Waals surface area (Å²) in [5.74, 6) is 0.318. The lowest BCUT2D eigenvalue weighted by atomic mass is 10.2. The second-order valence-corrected chi connectivity index (χ2v) is 7.10. The summed E-state index contributed by atoms with van der Waals surface area (Å²) in [6.07, 6.45) is 1.82. The lowest BCUT2D eigenvalue weighted by Crippen LogP contribution is -2.17. The normalized spacial score (nSPS) is 12.0. The van der Waals surface area contributed by atoms with Crippen LogP contribution in [0.4, 0.5) is 0 Å². The van der Waals surface area contributed by atoms with Gasteiger partial charge in [0.25, 0.3) is 0 Å². The summed E-state index contributed by atoms with van der Waals surface area (Å²) in [6, 6.07) is 10.7. The molecule has 1 aromatic carbocycles. The molecule has 0 aliphatic rings. The first kappa shape index (κ1) is 17.0. The summed E-state index contributed by atoms with van der Waals surface area (Å²) >= 11 is 0. The maximum absolute atomic E-state index is 10.8. The van der Waals surface area contributed by atoms with Crippen LogP contribution in [-0.2, 0) is 4.79 Å². The van der Waals surface area contributed by atoms with E-state index in [0.29, 0.717) is 5.78 Å². The van der Waals surface area contributed by atoms with Crippen molar-refractivity contribution in [2.24, 2.45) is 0 Å². The summed E-state index contributed by atoms with van der Waals surface area (Å²) in [7, 11) is -0.182. The minimum atomic E-state index is -0.182. The molecule has 0 aliphatic heterocycles. The van der Waals surface area contributed by atoms with E-state index in [4.69, 9.17) is 10.2 Å². The summed E-state index contributed by atoms with van der Waals surface area (Å²) in [5.41, 5.74) is 0.737. The number of hydrogen-bond donors (Lipinski definition) is 2. The topological polar surface area (TPSA) is 57.5 Å². The van der Waals surface area contributed by atoms with E-state index in [9.17, 15) is 4.79 Å². The fourth-order valence-corrected chi connectivity index (χ4v) is 3.33. The Morgan fingerprint density at radius 3 is 2.22 bits per heavy atom. The lowest BCUT2D eigenvalue weighted by molar-refractivity contribution is -0.117. The highest BCUT2D eigenvalue weighted by atomic mass is 28.2. The van der Waals surface area contributed by atoms with Crippen molar-refractivity contribution < 1.29 is 15.0 Å². The van der Waals surface area contributed by atoms with Crippen LogP contribution in [0.1, 0.15) is 26.7 Å². The van der Waals surface area contributed by atoms with Gasteiger partial charge >= 0.3 is 0 Å². The van der Waals surface area contributed by atoms with Crippen molar-refractivity contribution in [3.05, 3.63) is 30.3 Å². The van der Waals surface area contributed by atoms with E-state index in [1.807, 2.05) is 0 Å². The number of aliphatic hydroxyl groups is 2. The largest absolute Gasteiger partial charge is 0.394 e. The molecular formula is C14H24O3Si. The molecule has 3 nitrogen and oxygen atoms in total. The van der Waals surface area contributed by atoms with E-state index in [2.05, 4.69) is 37.3 Å². The smallest absolute Gasteiger partial charge is 0.129 e. The van der Waals surface area contributed by atoms with E-state index in [0.717, 1.165) is 18.4 Å². The molecule has 1 unspecified atom stereocenters. The molecule has 0 aromatic heterocycles. The first-order chi connectivity index (χ1) is 8.60.